The standard InChI is InChI=1S/C13H13FO4/c1-3-10(8-5-4-6-9(14)7-8)11(12(15)16)13(17)18-2/h3-7,10-11H,1H2,2H3,(H,15,16)/t10-,11?/m0/s1. The zero-order chi connectivity index (χ0) is 13.7. The van der Waals surface area contributed by atoms with Gasteiger partial charge in [0.15, 0.2) is 5.92 Å². The van der Waals surface area contributed by atoms with E-state index >= 15 is 0 Å². The van der Waals surface area contributed by atoms with E-state index in [0.29, 0.717) is 5.56 Å². The van der Waals surface area contributed by atoms with Gasteiger partial charge in [0, 0.05) is 5.92 Å². The maximum Gasteiger partial charge on any atom is 0.321 e. The third-order valence-corrected chi connectivity index (χ3v) is 2.57. The largest absolute Gasteiger partial charge is 0.481 e. The molecule has 0 bridgehead atoms. The van der Waals surface area contributed by atoms with Crippen molar-refractivity contribution >= 4 is 11.9 Å². The van der Waals surface area contributed by atoms with Gasteiger partial charge in [0.2, 0.25) is 0 Å². The highest BCUT2D eigenvalue weighted by Gasteiger charge is 2.35. The first-order valence-corrected chi connectivity index (χ1v) is 5.20. The first kappa shape index (κ1) is 13.9. The Hall–Kier alpha value is -2.17. The topological polar surface area (TPSA) is 63.6 Å². The third kappa shape index (κ3) is 2.94. The first-order chi connectivity index (χ1) is 8.51. The SMILES string of the molecule is C=C[C@@H](c1cccc(F)c1)C(C(=O)O)C(=O)OC. The van der Waals surface area contributed by atoms with Crippen LogP contribution in [0.2, 0.25) is 0 Å². The first-order valence-electron chi connectivity index (χ1n) is 5.20. The zero-order valence-corrected chi connectivity index (χ0v) is 9.80. The van der Waals surface area contributed by atoms with Gasteiger partial charge in [-0.1, -0.05) is 18.2 Å². The van der Waals surface area contributed by atoms with E-state index in [-0.39, 0.29) is 0 Å². The molecule has 0 fully saturated rings. The molecule has 18 heavy (non-hydrogen) atoms. The lowest BCUT2D eigenvalue weighted by atomic mass is 9.86. The average molecular weight is 252 g/mol. The molecular weight excluding hydrogens is 239 g/mol. The number of hydrogen-bond acceptors (Lipinski definition) is 3. The van der Waals surface area contributed by atoms with Crippen molar-refractivity contribution in [3.8, 4) is 0 Å². The van der Waals surface area contributed by atoms with Crippen LogP contribution in [0.1, 0.15) is 11.5 Å². The minimum absolute atomic E-state index is 0.364. The molecule has 1 aromatic carbocycles. The summed E-state index contributed by atoms with van der Waals surface area (Å²) >= 11 is 0. The van der Waals surface area contributed by atoms with Crippen LogP contribution < -0.4 is 0 Å². The summed E-state index contributed by atoms with van der Waals surface area (Å²) in [5.74, 6) is -5.01. The summed E-state index contributed by atoms with van der Waals surface area (Å²) in [4.78, 5) is 22.6. The third-order valence-electron chi connectivity index (χ3n) is 2.57. The van der Waals surface area contributed by atoms with Crippen molar-refractivity contribution < 1.29 is 23.8 Å². The van der Waals surface area contributed by atoms with Crippen LogP contribution in [0.25, 0.3) is 0 Å². The van der Waals surface area contributed by atoms with Crippen molar-refractivity contribution in [3.63, 3.8) is 0 Å². The Kier molecular flexibility index (Phi) is 4.59. The summed E-state index contributed by atoms with van der Waals surface area (Å²) in [6.45, 7) is 3.49. The van der Waals surface area contributed by atoms with Crippen LogP contribution in [0.15, 0.2) is 36.9 Å². The highest BCUT2D eigenvalue weighted by molar-refractivity contribution is 5.95. The molecule has 1 unspecified atom stereocenters. The van der Waals surface area contributed by atoms with E-state index in [0.717, 1.165) is 7.11 Å². The fourth-order valence-electron chi connectivity index (χ4n) is 1.71. The lowest BCUT2D eigenvalue weighted by Gasteiger charge is -2.19. The Balaban J connectivity index is 3.18. The van der Waals surface area contributed by atoms with Crippen molar-refractivity contribution in [3.05, 3.63) is 48.3 Å². The maximum atomic E-state index is 13.1. The number of carboxylic acid groups (broad SMARTS) is 1. The smallest absolute Gasteiger partial charge is 0.321 e. The van der Waals surface area contributed by atoms with Gasteiger partial charge in [-0.25, -0.2) is 4.39 Å². The Morgan fingerprint density at radius 3 is 2.61 bits per heavy atom. The summed E-state index contributed by atoms with van der Waals surface area (Å²) < 4.78 is 17.6. The van der Waals surface area contributed by atoms with Crippen LogP contribution in [0.3, 0.4) is 0 Å². The molecule has 0 aliphatic carbocycles. The number of allylic oxidation sites excluding steroid dienone is 1. The minimum Gasteiger partial charge on any atom is -0.481 e. The van der Waals surface area contributed by atoms with E-state index in [2.05, 4.69) is 11.3 Å². The van der Waals surface area contributed by atoms with E-state index in [1.807, 2.05) is 0 Å². The van der Waals surface area contributed by atoms with Crippen molar-refractivity contribution in [2.75, 3.05) is 7.11 Å². The van der Waals surface area contributed by atoms with Gasteiger partial charge in [-0.2, -0.15) is 0 Å². The van der Waals surface area contributed by atoms with E-state index in [9.17, 15) is 14.0 Å². The Morgan fingerprint density at radius 1 is 1.50 bits per heavy atom. The predicted octanol–water partition coefficient (Wildman–Crippen LogP) is 1.97. The van der Waals surface area contributed by atoms with Crippen LogP contribution >= 0.6 is 0 Å². The molecule has 2 atom stereocenters. The molecule has 0 radical (unpaired) electrons. The number of carboxylic acids is 1. The van der Waals surface area contributed by atoms with Gasteiger partial charge < -0.3 is 9.84 Å². The number of carbonyl (C=O) groups excluding carboxylic acids is 1. The number of benzene rings is 1. The molecule has 0 amide bonds. The second-order valence-corrected chi connectivity index (χ2v) is 3.66. The number of aliphatic carboxylic acids is 1. The highest BCUT2D eigenvalue weighted by atomic mass is 19.1. The molecular formula is C13H13FO4. The molecule has 0 aromatic heterocycles. The number of rotatable bonds is 5. The second kappa shape index (κ2) is 5.95. The fourth-order valence-corrected chi connectivity index (χ4v) is 1.71. The number of carbonyl (C=O) groups is 2. The number of halogens is 1. The van der Waals surface area contributed by atoms with Crippen molar-refractivity contribution in [2.45, 2.75) is 5.92 Å². The normalized spacial score (nSPS) is 13.4. The maximum absolute atomic E-state index is 13.1. The van der Waals surface area contributed by atoms with Gasteiger partial charge in [0.05, 0.1) is 7.11 Å². The van der Waals surface area contributed by atoms with Crippen molar-refractivity contribution in [2.24, 2.45) is 5.92 Å². The molecule has 0 aliphatic heterocycles. The zero-order valence-electron chi connectivity index (χ0n) is 9.80. The molecule has 0 saturated carbocycles. The number of methoxy groups -OCH3 is 1. The number of hydrogen-bond donors (Lipinski definition) is 1. The van der Waals surface area contributed by atoms with Crippen LogP contribution in [0.4, 0.5) is 4.39 Å². The van der Waals surface area contributed by atoms with Crippen LogP contribution in [0.5, 0.6) is 0 Å². The molecule has 1 aromatic rings. The second-order valence-electron chi connectivity index (χ2n) is 3.66. The molecule has 0 saturated heterocycles. The molecule has 4 nitrogen and oxygen atoms in total. The van der Waals surface area contributed by atoms with Crippen LogP contribution in [0, 0.1) is 11.7 Å². The average Bonchev–Trinajstić information content (AvgIpc) is 2.34. The predicted molar refractivity (Wildman–Crippen MR) is 62.5 cm³/mol. The van der Waals surface area contributed by atoms with E-state index < -0.39 is 29.6 Å². The lowest BCUT2D eigenvalue weighted by molar-refractivity contribution is -0.157. The van der Waals surface area contributed by atoms with Crippen LogP contribution in [-0.4, -0.2) is 24.2 Å². The van der Waals surface area contributed by atoms with Gasteiger partial charge in [0.25, 0.3) is 0 Å². The molecule has 1 N–H and O–H groups in total. The summed E-state index contributed by atoms with van der Waals surface area (Å²) in [5.41, 5.74) is 0.364. The number of ether oxygens (including phenoxy) is 1. The molecule has 5 heteroatoms. The monoisotopic (exact) mass is 252 g/mol. The Labute approximate surface area is 104 Å². The summed E-state index contributed by atoms with van der Waals surface area (Å²) in [6.07, 6.45) is 1.30. The van der Waals surface area contributed by atoms with E-state index in [4.69, 9.17) is 5.11 Å². The van der Waals surface area contributed by atoms with Crippen molar-refractivity contribution in [1.82, 2.24) is 0 Å². The van der Waals surface area contributed by atoms with Gasteiger partial charge in [0.1, 0.15) is 5.82 Å². The summed E-state index contributed by atoms with van der Waals surface area (Å²) in [7, 11) is 1.10. The Morgan fingerprint density at radius 2 is 2.17 bits per heavy atom. The fraction of sp³-hybridized carbons (Fsp3) is 0.231. The highest BCUT2D eigenvalue weighted by Crippen LogP contribution is 2.27. The quantitative estimate of drug-likeness (QED) is 0.494. The molecule has 96 valence electrons. The molecule has 0 spiro atoms. The Bertz CT molecular complexity index is 470. The molecule has 0 aliphatic rings. The summed E-state index contributed by atoms with van der Waals surface area (Å²) in [6, 6.07) is 5.38. The summed E-state index contributed by atoms with van der Waals surface area (Å²) in [5, 5.41) is 9.06. The van der Waals surface area contributed by atoms with Gasteiger partial charge in [-0.15, -0.1) is 6.58 Å². The minimum atomic E-state index is -1.44. The number of esters is 1. The lowest BCUT2D eigenvalue weighted by Crippen LogP contribution is -2.30. The van der Waals surface area contributed by atoms with E-state index in [1.54, 1.807) is 0 Å². The van der Waals surface area contributed by atoms with Gasteiger partial charge in [-0.05, 0) is 17.7 Å². The van der Waals surface area contributed by atoms with Crippen molar-refractivity contribution in [1.29, 1.82) is 0 Å². The van der Waals surface area contributed by atoms with Crippen LogP contribution in [-0.2, 0) is 14.3 Å². The molecule has 0 heterocycles. The van der Waals surface area contributed by atoms with Gasteiger partial charge in [-0.3, -0.25) is 9.59 Å². The molecule has 1 rings (SSSR count). The van der Waals surface area contributed by atoms with Gasteiger partial charge >= 0.3 is 11.9 Å². The van der Waals surface area contributed by atoms with E-state index in [1.165, 1.54) is 30.3 Å².